The molecule has 4 aliphatic heterocycles. The van der Waals surface area contributed by atoms with Gasteiger partial charge in [-0.05, 0) is 74.2 Å². The molecule has 0 spiro atoms. The summed E-state index contributed by atoms with van der Waals surface area (Å²) in [6, 6.07) is 10.2. The highest BCUT2D eigenvalue weighted by Gasteiger charge is 2.48. The van der Waals surface area contributed by atoms with Crippen molar-refractivity contribution in [3.63, 3.8) is 0 Å². The Morgan fingerprint density at radius 2 is 1.77 bits per heavy atom. The number of terminal acetylenes is 1. The topological polar surface area (TPSA) is 77.0 Å². The molecule has 8 nitrogen and oxygen atoms in total. The standard InChI is InChI=1S/C38H40F2N6O2/c1-3-22-5-4-6-23-11-28(47)12-29(32(22)23)33-31(39)13-30-35(34(33)40)42-37(43-36(30)46-18-26-7-8-27(19-46)41-26)48-21-38(9-10-38)20-45-16-24-14-44(2)15-25(24)17-45/h1,4-6,11-13,24-27,41,47H,7-10,14-21H2,2H3. The third-order valence-electron chi connectivity index (χ3n) is 11.5. The molecule has 0 amide bonds. The summed E-state index contributed by atoms with van der Waals surface area (Å²) in [7, 11) is 2.21. The summed E-state index contributed by atoms with van der Waals surface area (Å²) in [6.45, 7) is 7.41. The number of fused-ring (bicyclic) bond motifs is 5. The van der Waals surface area contributed by atoms with Crippen molar-refractivity contribution in [2.75, 3.05) is 64.4 Å². The minimum Gasteiger partial charge on any atom is -0.508 e. The van der Waals surface area contributed by atoms with Gasteiger partial charge in [0.05, 0.1) is 12.2 Å². The lowest BCUT2D eigenvalue weighted by Crippen LogP contribution is -2.51. The third-order valence-corrected chi connectivity index (χ3v) is 11.5. The van der Waals surface area contributed by atoms with Crippen LogP contribution in [-0.2, 0) is 0 Å². The minimum atomic E-state index is -0.829. The summed E-state index contributed by atoms with van der Waals surface area (Å²) >= 11 is 0. The van der Waals surface area contributed by atoms with Crippen molar-refractivity contribution in [1.82, 2.24) is 25.1 Å². The van der Waals surface area contributed by atoms with E-state index in [-0.39, 0.29) is 33.8 Å². The Labute approximate surface area is 279 Å². The highest BCUT2D eigenvalue weighted by atomic mass is 19.1. The van der Waals surface area contributed by atoms with Crippen LogP contribution < -0.4 is 15.0 Å². The van der Waals surface area contributed by atoms with Crippen LogP contribution in [-0.4, -0.2) is 96.4 Å². The largest absolute Gasteiger partial charge is 0.508 e. The van der Waals surface area contributed by atoms with E-state index in [1.54, 1.807) is 24.3 Å². The minimum absolute atomic E-state index is 0.00621. The van der Waals surface area contributed by atoms with Gasteiger partial charge in [-0.1, -0.05) is 18.1 Å². The van der Waals surface area contributed by atoms with Crippen molar-refractivity contribution < 1.29 is 18.6 Å². The van der Waals surface area contributed by atoms with Gasteiger partial charge in [0.2, 0.25) is 0 Å². The lowest BCUT2D eigenvalue weighted by atomic mass is 9.93. The summed E-state index contributed by atoms with van der Waals surface area (Å²) < 4.78 is 39.6. The third kappa shape index (κ3) is 5.15. The van der Waals surface area contributed by atoms with E-state index in [9.17, 15) is 5.11 Å². The first-order valence-electron chi connectivity index (χ1n) is 17.2. The Morgan fingerprint density at radius 3 is 2.48 bits per heavy atom. The zero-order chi connectivity index (χ0) is 32.7. The molecule has 2 bridgehead atoms. The fourth-order valence-electron chi connectivity index (χ4n) is 9.08. The van der Waals surface area contributed by atoms with Crippen LogP contribution in [0.3, 0.4) is 0 Å². The number of aromatic hydroxyl groups is 1. The van der Waals surface area contributed by atoms with Gasteiger partial charge >= 0.3 is 6.01 Å². The van der Waals surface area contributed by atoms with Gasteiger partial charge < -0.3 is 29.9 Å². The molecule has 48 heavy (non-hydrogen) atoms. The number of nitrogens with zero attached hydrogens (tertiary/aromatic N) is 5. The van der Waals surface area contributed by atoms with E-state index in [4.69, 9.17) is 16.1 Å². The number of rotatable bonds is 7. The molecule has 3 aromatic carbocycles. The van der Waals surface area contributed by atoms with Crippen LogP contribution in [0.1, 0.15) is 31.2 Å². The molecular formula is C38H40F2N6O2. The number of halogens is 2. The second-order valence-electron chi connectivity index (χ2n) is 15.1. The van der Waals surface area contributed by atoms with Gasteiger partial charge in [-0.25, -0.2) is 8.78 Å². The molecule has 4 saturated heterocycles. The predicted octanol–water partition coefficient (Wildman–Crippen LogP) is 5.01. The molecule has 4 unspecified atom stereocenters. The molecule has 1 aliphatic carbocycles. The van der Waals surface area contributed by atoms with E-state index in [0.29, 0.717) is 59.3 Å². The summed E-state index contributed by atoms with van der Waals surface area (Å²) in [5.74, 6) is 2.90. The molecule has 5 aliphatic rings. The molecule has 10 heteroatoms. The number of aromatic nitrogens is 2. The lowest BCUT2D eigenvalue weighted by Gasteiger charge is -2.34. The molecule has 2 N–H and O–H groups in total. The quantitative estimate of drug-likeness (QED) is 0.271. The van der Waals surface area contributed by atoms with Crippen molar-refractivity contribution in [2.24, 2.45) is 17.3 Å². The van der Waals surface area contributed by atoms with Gasteiger partial charge in [-0.15, -0.1) is 6.42 Å². The SMILES string of the molecule is C#Cc1cccc2cc(O)cc(-c3c(F)cc4c(N5CC6CCC(C5)N6)nc(OCC5(CN6CC7CN(C)CC7C6)CC5)nc4c3F)c12. The van der Waals surface area contributed by atoms with E-state index in [1.165, 1.54) is 25.2 Å². The van der Waals surface area contributed by atoms with Crippen LogP contribution in [0.25, 0.3) is 32.8 Å². The fraction of sp³-hybridized carbons (Fsp3) is 0.474. The van der Waals surface area contributed by atoms with Gasteiger partial charge in [0.1, 0.15) is 22.9 Å². The molecule has 5 fully saturated rings. The summed E-state index contributed by atoms with van der Waals surface area (Å²) in [6.07, 6.45) is 10.1. The summed E-state index contributed by atoms with van der Waals surface area (Å²) in [4.78, 5) is 16.7. The van der Waals surface area contributed by atoms with Gasteiger partial charge in [-0.3, -0.25) is 0 Å². The Balaban J connectivity index is 1.10. The number of hydrogen-bond acceptors (Lipinski definition) is 8. The molecular weight excluding hydrogens is 610 g/mol. The van der Waals surface area contributed by atoms with E-state index in [2.05, 4.69) is 38.0 Å². The number of phenols is 1. The van der Waals surface area contributed by atoms with E-state index in [0.717, 1.165) is 57.2 Å². The monoisotopic (exact) mass is 650 g/mol. The first kappa shape index (κ1) is 30.1. The van der Waals surface area contributed by atoms with E-state index < -0.39 is 11.6 Å². The number of phenolic OH excluding ortho intramolecular Hbond substituents is 1. The molecule has 1 saturated carbocycles. The normalized spacial score (nSPS) is 26.3. The molecule has 4 aromatic rings. The van der Waals surface area contributed by atoms with Crippen molar-refractivity contribution in [1.29, 1.82) is 0 Å². The number of anilines is 1. The van der Waals surface area contributed by atoms with Crippen LogP contribution in [0.5, 0.6) is 11.8 Å². The zero-order valence-electron chi connectivity index (χ0n) is 27.2. The Bertz CT molecular complexity index is 1970. The van der Waals surface area contributed by atoms with E-state index >= 15 is 8.78 Å². The maximum Gasteiger partial charge on any atom is 0.319 e. The zero-order valence-corrected chi connectivity index (χ0v) is 27.2. The number of ether oxygens (including phenoxy) is 1. The lowest BCUT2D eigenvalue weighted by molar-refractivity contribution is 0.161. The Hall–Kier alpha value is -4.04. The molecule has 0 radical (unpaired) electrons. The smallest absolute Gasteiger partial charge is 0.319 e. The van der Waals surface area contributed by atoms with Gasteiger partial charge in [0.15, 0.2) is 5.82 Å². The predicted molar refractivity (Wildman–Crippen MR) is 182 cm³/mol. The number of likely N-dealkylation sites (tertiary alicyclic amines) is 2. The van der Waals surface area contributed by atoms with Crippen molar-refractivity contribution in [2.45, 2.75) is 37.8 Å². The van der Waals surface area contributed by atoms with Crippen LogP contribution in [0.2, 0.25) is 0 Å². The average Bonchev–Trinajstić information content (AvgIpc) is 3.42. The number of nitrogens with one attached hydrogen (secondary N) is 1. The van der Waals surface area contributed by atoms with Crippen LogP contribution >= 0.6 is 0 Å². The van der Waals surface area contributed by atoms with Crippen LogP contribution in [0.15, 0.2) is 36.4 Å². The molecule has 5 heterocycles. The molecule has 1 aromatic heterocycles. The highest BCUT2D eigenvalue weighted by Crippen LogP contribution is 2.48. The Kier molecular flexibility index (Phi) is 7.05. The van der Waals surface area contributed by atoms with E-state index in [1.807, 2.05) is 0 Å². The van der Waals surface area contributed by atoms with Crippen LogP contribution in [0.4, 0.5) is 14.6 Å². The van der Waals surface area contributed by atoms with Crippen molar-refractivity contribution in [3.8, 4) is 35.2 Å². The maximum absolute atomic E-state index is 16.9. The second kappa shape index (κ2) is 11.3. The molecule has 248 valence electrons. The Morgan fingerprint density at radius 1 is 1.02 bits per heavy atom. The highest BCUT2D eigenvalue weighted by molar-refractivity contribution is 6.04. The summed E-state index contributed by atoms with van der Waals surface area (Å²) in [5, 5.41) is 15.6. The maximum atomic E-state index is 16.9. The van der Waals surface area contributed by atoms with Gasteiger partial charge in [0.25, 0.3) is 0 Å². The van der Waals surface area contributed by atoms with Gasteiger partial charge in [-0.2, -0.15) is 9.97 Å². The summed E-state index contributed by atoms with van der Waals surface area (Å²) in [5.41, 5.74) is 0.403. The van der Waals surface area contributed by atoms with Crippen LogP contribution in [0, 0.1) is 41.2 Å². The number of hydrogen-bond donors (Lipinski definition) is 2. The first-order valence-corrected chi connectivity index (χ1v) is 17.2. The van der Waals surface area contributed by atoms with Crippen molar-refractivity contribution >= 4 is 27.5 Å². The van der Waals surface area contributed by atoms with Crippen molar-refractivity contribution in [3.05, 3.63) is 53.6 Å². The molecule has 4 atom stereocenters. The first-order chi connectivity index (χ1) is 23.3. The average molecular weight is 651 g/mol. The molecule has 9 rings (SSSR count). The number of benzene rings is 3. The van der Waals surface area contributed by atoms with Gasteiger partial charge in [0, 0.05) is 85.2 Å². The second-order valence-corrected chi connectivity index (χ2v) is 15.1. The fourth-order valence-corrected chi connectivity index (χ4v) is 9.08. The number of piperazine rings is 1.